The molecule has 3 rings (SSSR count). The molecule has 0 fully saturated rings. The number of carbonyl (C=O) groups excluding carboxylic acids is 1. The third-order valence-electron chi connectivity index (χ3n) is 4.08. The Morgan fingerprint density at radius 3 is 2.23 bits per heavy atom. The van der Waals surface area contributed by atoms with Crippen LogP contribution in [0.15, 0.2) is 53.3 Å². The minimum atomic E-state index is -0.238. The third-order valence-corrected chi connectivity index (χ3v) is 4.42. The smallest absolute Gasteiger partial charge is 0.281 e. The van der Waals surface area contributed by atoms with Gasteiger partial charge in [-0.1, -0.05) is 50.6 Å². The molecule has 0 aliphatic heterocycles. The topological polar surface area (TPSA) is 59.8 Å². The maximum atomic E-state index is 12.9. The van der Waals surface area contributed by atoms with Crippen molar-refractivity contribution in [1.82, 2.24) is 14.8 Å². The van der Waals surface area contributed by atoms with Crippen molar-refractivity contribution in [2.45, 2.75) is 33.1 Å². The second-order valence-corrected chi connectivity index (χ2v) is 7.95. The van der Waals surface area contributed by atoms with E-state index >= 15 is 0 Å². The second kappa shape index (κ2) is 7.03. The van der Waals surface area contributed by atoms with Gasteiger partial charge in [0.2, 0.25) is 10.7 Å². The first-order valence-corrected chi connectivity index (χ1v) is 9.15. The van der Waals surface area contributed by atoms with E-state index < -0.39 is 0 Å². The quantitative estimate of drug-likeness (QED) is 0.651. The third kappa shape index (κ3) is 4.02. The van der Waals surface area contributed by atoms with Crippen LogP contribution in [0.4, 0.5) is 11.6 Å². The summed E-state index contributed by atoms with van der Waals surface area (Å²) in [7, 11) is 0. The van der Waals surface area contributed by atoms with Crippen molar-refractivity contribution in [3.63, 3.8) is 0 Å². The first-order chi connectivity index (χ1) is 12.2. The average Bonchev–Trinajstić information content (AvgIpc) is 2.96. The Bertz CT molecular complexity index is 922. The molecule has 26 heavy (non-hydrogen) atoms. The summed E-state index contributed by atoms with van der Waals surface area (Å²) >= 11 is 3.25. The van der Waals surface area contributed by atoms with Crippen LogP contribution >= 0.6 is 15.9 Å². The van der Waals surface area contributed by atoms with Crippen LogP contribution in [0.2, 0.25) is 0 Å². The Labute approximate surface area is 161 Å². The normalized spacial score (nSPS) is 11.4. The molecule has 0 spiro atoms. The molecule has 134 valence electrons. The van der Waals surface area contributed by atoms with E-state index in [2.05, 4.69) is 52.1 Å². The van der Waals surface area contributed by atoms with Crippen LogP contribution in [0.25, 0.3) is 0 Å². The van der Waals surface area contributed by atoms with Crippen molar-refractivity contribution in [2.24, 2.45) is 0 Å². The van der Waals surface area contributed by atoms with E-state index in [0.29, 0.717) is 16.2 Å². The lowest BCUT2D eigenvalue weighted by Crippen LogP contribution is -2.17. The maximum Gasteiger partial charge on any atom is 0.281 e. The Morgan fingerprint density at radius 1 is 1.04 bits per heavy atom. The standard InChI is InChI=1S/C20H21BrN4O/c1-13-5-11-16(12-6-13)22-19-23-18(21)24-25(19)17(26)14-7-9-15(10-8-14)20(2,3)4/h5-12H,1-4H3,(H,22,23,24). The Balaban J connectivity index is 1.89. The van der Waals surface area contributed by atoms with Crippen molar-refractivity contribution in [3.8, 4) is 0 Å². The second-order valence-electron chi connectivity index (χ2n) is 7.24. The first-order valence-electron chi connectivity index (χ1n) is 8.35. The number of nitrogens with one attached hydrogen (secondary N) is 1. The average molecular weight is 413 g/mol. The number of nitrogens with zero attached hydrogens (tertiary/aromatic N) is 3. The van der Waals surface area contributed by atoms with Crippen LogP contribution in [-0.4, -0.2) is 20.7 Å². The number of benzene rings is 2. The summed E-state index contributed by atoms with van der Waals surface area (Å²) in [5, 5.41) is 7.33. The zero-order chi connectivity index (χ0) is 18.9. The van der Waals surface area contributed by atoms with E-state index in [1.165, 1.54) is 10.2 Å². The molecular weight excluding hydrogens is 392 g/mol. The summed E-state index contributed by atoms with van der Waals surface area (Å²) in [5.74, 6) is 0.129. The highest BCUT2D eigenvalue weighted by atomic mass is 79.9. The van der Waals surface area contributed by atoms with Crippen molar-refractivity contribution in [2.75, 3.05) is 5.32 Å². The Hall–Kier alpha value is -2.47. The number of hydrogen-bond acceptors (Lipinski definition) is 4. The van der Waals surface area contributed by atoms with Gasteiger partial charge in [0, 0.05) is 11.3 Å². The molecule has 5 nitrogen and oxygen atoms in total. The fourth-order valence-corrected chi connectivity index (χ4v) is 2.84. The number of aryl methyl sites for hydroxylation is 1. The number of rotatable bonds is 3. The molecule has 0 amide bonds. The van der Waals surface area contributed by atoms with Crippen molar-refractivity contribution >= 4 is 33.5 Å². The van der Waals surface area contributed by atoms with E-state index in [1.807, 2.05) is 55.5 Å². The Morgan fingerprint density at radius 2 is 1.65 bits per heavy atom. The lowest BCUT2D eigenvalue weighted by atomic mass is 9.87. The lowest BCUT2D eigenvalue weighted by molar-refractivity contribution is 0.0947. The van der Waals surface area contributed by atoms with Gasteiger partial charge in [-0.3, -0.25) is 4.79 Å². The van der Waals surface area contributed by atoms with E-state index in [-0.39, 0.29) is 11.3 Å². The van der Waals surface area contributed by atoms with Crippen LogP contribution in [0, 0.1) is 6.92 Å². The minimum absolute atomic E-state index is 0.0377. The molecule has 6 heteroatoms. The van der Waals surface area contributed by atoms with Gasteiger partial charge in [0.25, 0.3) is 5.91 Å². The molecule has 0 radical (unpaired) electrons. The van der Waals surface area contributed by atoms with Gasteiger partial charge in [0.1, 0.15) is 0 Å². The summed E-state index contributed by atoms with van der Waals surface area (Å²) in [4.78, 5) is 17.2. The first kappa shape index (κ1) is 18.3. The van der Waals surface area contributed by atoms with Gasteiger partial charge in [-0.25, -0.2) is 0 Å². The fraction of sp³-hybridized carbons (Fsp3) is 0.250. The highest BCUT2D eigenvalue weighted by molar-refractivity contribution is 9.10. The fourth-order valence-electron chi connectivity index (χ4n) is 2.51. The SMILES string of the molecule is Cc1ccc(Nc2nc(Br)nn2C(=O)c2ccc(C(C)(C)C)cc2)cc1. The molecule has 0 atom stereocenters. The molecule has 0 unspecified atom stereocenters. The van der Waals surface area contributed by atoms with Crippen molar-refractivity contribution in [1.29, 1.82) is 0 Å². The van der Waals surface area contributed by atoms with E-state index in [1.54, 1.807) is 0 Å². The zero-order valence-corrected chi connectivity index (χ0v) is 16.8. The summed E-state index contributed by atoms with van der Waals surface area (Å²) in [5.41, 5.74) is 3.77. The number of anilines is 2. The molecule has 3 aromatic rings. The minimum Gasteiger partial charge on any atom is -0.324 e. The van der Waals surface area contributed by atoms with Gasteiger partial charge in [0.05, 0.1) is 0 Å². The van der Waals surface area contributed by atoms with Crippen LogP contribution < -0.4 is 5.32 Å². The van der Waals surface area contributed by atoms with Gasteiger partial charge >= 0.3 is 0 Å². The van der Waals surface area contributed by atoms with Gasteiger partial charge in [-0.2, -0.15) is 9.67 Å². The molecule has 0 saturated carbocycles. The highest BCUT2D eigenvalue weighted by Crippen LogP contribution is 2.23. The van der Waals surface area contributed by atoms with Gasteiger partial charge in [-0.05, 0) is 58.1 Å². The van der Waals surface area contributed by atoms with E-state index in [9.17, 15) is 4.79 Å². The predicted molar refractivity (Wildman–Crippen MR) is 107 cm³/mol. The van der Waals surface area contributed by atoms with Crippen LogP contribution in [0.1, 0.15) is 42.3 Å². The number of hydrogen-bond donors (Lipinski definition) is 1. The zero-order valence-electron chi connectivity index (χ0n) is 15.2. The monoisotopic (exact) mass is 412 g/mol. The lowest BCUT2D eigenvalue weighted by Gasteiger charge is -2.19. The van der Waals surface area contributed by atoms with Crippen molar-refractivity contribution in [3.05, 3.63) is 70.0 Å². The molecule has 0 saturated heterocycles. The molecule has 0 aliphatic rings. The number of aromatic nitrogens is 3. The van der Waals surface area contributed by atoms with E-state index in [0.717, 1.165) is 11.3 Å². The van der Waals surface area contributed by atoms with Crippen LogP contribution in [0.5, 0.6) is 0 Å². The molecule has 2 aromatic carbocycles. The molecule has 0 aliphatic carbocycles. The predicted octanol–water partition coefficient (Wildman–Crippen LogP) is 5.08. The number of halogens is 1. The van der Waals surface area contributed by atoms with Crippen LogP contribution in [0.3, 0.4) is 0 Å². The molecule has 1 N–H and O–H groups in total. The van der Waals surface area contributed by atoms with Gasteiger partial charge < -0.3 is 5.32 Å². The number of carbonyl (C=O) groups is 1. The molecule has 1 aromatic heterocycles. The van der Waals surface area contributed by atoms with Crippen LogP contribution in [-0.2, 0) is 5.41 Å². The summed E-state index contributed by atoms with van der Waals surface area (Å²) in [6.07, 6.45) is 0. The highest BCUT2D eigenvalue weighted by Gasteiger charge is 2.19. The van der Waals surface area contributed by atoms with Gasteiger partial charge in [0.15, 0.2) is 0 Å². The molecule has 0 bridgehead atoms. The maximum absolute atomic E-state index is 12.9. The molecule has 1 heterocycles. The summed E-state index contributed by atoms with van der Waals surface area (Å²) in [6, 6.07) is 15.5. The largest absolute Gasteiger partial charge is 0.324 e. The van der Waals surface area contributed by atoms with Crippen molar-refractivity contribution < 1.29 is 4.79 Å². The molecular formula is C20H21BrN4O. The summed E-state index contributed by atoms with van der Waals surface area (Å²) < 4.78 is 1.63. The summed E-state index contributed by atoms with van der Waals surface area (Å²) in [6.45, 7) is 8.44. The van der Waals surface area contributed by atoms with E-state index in [4.69, 9.17) is 0 Å². The van der Waals surface area contributed by atoms with Gasteiger partial charge in [-0.15, -0.1) is 5.10 Å². The Kier molecular flexibility index (Phi) is 4.96.